The topological polar surface area (TPSA) is 53.5 Å². The van der Waals surface area contributed by atoms with Gasteiger partial charge < -0.3 is 19.9 Å². The van der Waals surface area contributed by atoms with Crippen LogP contribution in [0, 0.1) is 0 Å². The van der Waals surface area contributed by atoms with Gasteiger partial charge in [-0.3, -0.25) is 0 Å². The number of methoxy groups -OCH3 is 1. The molecule has 0 aliphatic rings. The van der Waals surface area contributed by atoms with Crippen LogP contribution in [0.15, 0.2) is 6.07 Å². The zero-order chi connectivity index (χ0) is 14.3. The first kappa shape index (κ1) is 15.7. The first-order valence-electron chi connectivity index (χ1n) is 6.53. The predicted molar refractivity (Wildman–Crippen MR) is 78.7 cm³/mol. The van der Waals surface area contributed by atoms with Crippen LogP contribution in [0.1, 0.15) is 12.7 Å². The maximum Gasteiger partial charge on any atom is 0.158 e. The van der Waals surface area contributed by atoms with E-state index in [0.29, 0.717) is 12.4 Å². The van der Waals surface area contributed by atoms with Gasteiger partial charge in [0, 0.05) is 39.9 Å². The van der Waals surface area contributed by atoms with Crippen molar-refractivity contribution in [2.45, 2.75) is 13.5 Å². The Morgan fingerprint density at radius 3 is 2.53 bits per heavy atom. The molecule has 1 aromatic rings. The number of nitrogens with zero attached hydrogens (tertiary/aromatic N) is 4. The highest BCUT2D eigenvalue weighted by molar-refractivity contribution is 5.48. The molecule has 0 fully saturated rings. The Hall–Kier alpha value is -1.40. The van der Waals surface area contributed by atoms with Gasteiger partial charge in [-0.1, -0.05) is 0 Å². The predicted octanol–water partition coefficient (Wildman–Crippen LogP) is 1.05. The second kappa shape index (κ2) is 7.91. The molecule has 1 heterocycles. The van der Waals surface area contributed by atoms with E-state index in [1.807, 2.05) is 20.0 Å². The number of rotatable bonds is 8. The van der Waals surface area contributed by atoms with Gasteiger partial charge in [0.15, 0.2) is 5.82 Å². The van der Waals surface area contributed by atoms with Crippen LogP contribution in [0.4, 0.5) is 11.6 Å². The molecule has 1 rings (SSSR count). The SMILES string of the molecule is CCNc1cc(N(C)CCN(C)C)nc(COC)n1. The van der Waals surface area contributed by atoms with E-state index >= 15 is 0 Å². The molecule has 0 aliphatic heterocycles. The minimum absolute atomic E-state index is 0.424. The summed E-state index contributed by atoms with van der Waals surface area (Å²) in [5.41, 5.74) is 0. The van der Waals surface area contributed by atoms with Crippen molar-refractivity contribution in [2.24, 2.45) is 0 Å². The minimum atomic E-state index is 0.424. The van der Waals surface area contributed by atoms with Crippen LogP contribution < -0.4 is 10.2 Å². The Bertz CT molecular complexity index is 359. The summed E-state index contributed by atoms with van der Waals surface area (Å²) in [4.78, 5) is 13.2. The third-order valence-corrected chi connectivity index (χ3v) is 2.66. The maximum atomic E-state index is 5.11. The van der Waals surface area contributed by atoms with E-state index < -0.39 is 0 Å². The average molecular weight is 267 g/mol. The van der Waals surface area contributed by atoms with Crippen LogP contribution in [-0.2, 0) is 11.3 Å². The average Bonchev–Trinajstić information content (AvgIpc) is 2.36. The number of likely N-dealkylation sites (N-methyl/N-ethyl adjacent to an activating group) is 2. The summed E-state index contributed by atoms with van der Waals surface area (Å²) < 4.78 is 5.11. The Balaban J connectivity index is 2.84. The summed E-state index contributed by atoms with van der Waals surface area (Å²) in [6.07, 6.45) is 0. The van der Waals surface area contributed by atoms with Gasteiger partial charge in [0.2, 0.25) is 0 Å². The summed E-state index contributed by atoms with van der Waals surface area (Å²) in [6.45, 7) is 5.21. The molecule has 6 nitrogen and oxygen atoms in total. The number of ether oxygens (including phenoxy) is 1. The third kappa shape index (κ3) is 5.40. The van der Waals surface area contributed by atoms with Crippen molar-refractivity contribution in [1.29, 1.82) is 0 Å². The zero-order valence-corrected chi connectivity index (χ0v) is 12.6. The highest BCUT2D eigenvalue weighted by Gasteiger charge is 2.08. The lowest BCUT2D eigenvalue weighted by molar-refractivity contribution is 0.178. The fourth-order valence-electron chi connectivity index (χ4n) is 1.61. The fourth-order valence-corrected chi connectivity index (χ4v) is 1.61. The lowest BCUT2D eigenvalue weighted by Crippen LogP contribution is -2.29. The van der Waals surface area contributed by atoms with Gasteiger partial charge in [-0.2, -0.15) is 0 Å². The standard InChI is InChI=1S/C13H25N5O/c1-6-14-11-9-13(16-12(15-11)10-19-5)18(4)8-7-17(2)3/h9H,6-8,10H2,1-5H3,(H,14,15,16). The van der Waals surface area contributed by atoms with E-state index in [0.717, 1.165) is 31.3 Å². The van der Waals surface area contributed by atoms with E-state index in [1.165, 1.54) is 0 Å². The smallest absolute Gasteiger partial charge is 0.158 e. The minimum Gasteiger partial charge on any atom is -0.377 e. The molecule has 0 radical (unpaired) electrons. The van der Waals surface area contributed by atoms with E-state index in [1.54, 1.807) is 7.11 Å². The Labute approximate surface area is 115 Å². The number of hydrogen-bond donors (Lipinski definition) is 1. The van der Waals surface area contributed by atoms with Crippen molar-refractivity contribution in [2.75, 3.05) is 58.1 Å². The molecule has 0 bridgehead atoms. The summed E-state index contributed by atoms with van der Waals surface area (Å²) >= 11 is 0. The van der Waals surface area contributed by atoms with Crippen LogP contribution in [-0.4, -0.2) is 62.8 Å². The second-order valence-corrected chi connectivity index (χ2v) is 4.72. The summed E-state index contributed by atoms with van der Waals surface area (Å²) in [6, 6.07) is 1.97. The lowest BCUT2D eigenvalue weighted by atomic mass is 10.4. The van der Waals surface area contributed by atoms with Crippen molar-refractivity contribution >= 4 is 11.6 Å². The number of aromatic nitrogens is 2. The molecule has 1 N–H and O–H groups in total. The van der Waals surface area contributed by atoms with Crippen molar-refractivity contribution in [1.82, 2.24) is 14.9 Å². The van der Waals surface area contributed by atoms with Gasteiger partial charge in [0.1, 0.15) is 18.2 Å². The van der Waals surface area contributed by atoms with Gasteiger partial charge in [-0.05, 0) is 21.0 Å². The van der Waals surface area contributed by atoms with E-state index in [9.17, 15) is 0 Å². The van der Waals surface area contributed by atoms with Crippen LogP contribution in [0.2, 0.25) is 0 Å². The molecule has 0 aromatic carbocycles. The Kier molecular flexibility index (Phi) is 6.52. The van der Waals surface area contributed by atoms with Crippen molar-refractivity contribution in [3.63, 3.8) is 0 Å². The molecule has 1 aromatic heterocycles. The first-order chi connectivity index (χ1) is 9.06. The summed E-state index contributed by atoms with van der Waals surface area (Å²) in [5.74, 6) is 2.46. The van der Waals surface area contributed by atoms with E-state index in [4.69, 9.17) is 4.74 Å². The molecular formula is C13H25N5O. The van der Waals surface area contributed by atoms with Crippen LogP contribution in [0.5, 0.6) is 0 Å². The summed E-state index contributed by atoms with van der Waals surface area (Å²) in [5, 5.41) is 3.22. The quantitative estimate of drug-likeness (QED) is 0.760. The molecule has 6 heteroatoms. The molecule has 0 aliphatic carbocycles. The Morgan fingerprint density at radius 2 is 1.95 bits per heavy atom. The number of nitrogens with one attached hydrogen (secondary N) is 1. The Morgan fingerprint density at radius 1 is 1.21 bits per heavy atom. The monoisotopic (exact) mass is 267 g/mol. The molecule has 0 atom stereocenters. The second-order valence-electron chi connectivity index (χ2n) is 4.72. The van der Waals surface area contributed by atoms with Gasteiger partial charge in [-0.25, -0.2) is 9.97 Å². The maximum absolute atomic E-state index is 5.11. The molecule has 19 heavy (non-hydrogen) atoms. The van der Waals surface area contributed by atoms with E-state index in [2.05, 4.69) is 39.2 Å². The zero-order valence-electron chi connectivity index (χ0n) is 12.6. The van der Waals surface area contributed by atoms with Crippen molar-refractivity contribution in [3.05, 3.63) is 11.9 Å². The van der Waals surface area contributed by atoms with Gasteiger partial charge in [0.05, 0.1) is 0 Å². The molecule has 0 spiro atoms. The number of hydrogen-bond acceptors (Lipinski definition) is 6. The molecule has 0 amide bonds. The fraction of sp³-hybridized carbons (Fsp3) is 0.692. The largest absolute Gasteiger partial charge is 0.377 e. The van der Waals surface area contributed by atoms with Crippen molar-refractivity contribution < 1.29 is 4.74 Å². The highest BCUT2D eigenvalue weighted by Crippen LogP contribution is 2.15. The van der Waals surface area contributed by atoms with Crippen molar-refractivity contribution in [3.8, 4) is 0 Å². The first-order valence-corrected chi connectivity index (χ1v) is 6.53. The van der Waals surface area contributed by atoms with Crippen LogP contribution in [0.3, 0.4) is 0 Å². The van der Waals surface area contributed by atoms with Gasteiger partial charge in [-0.15, -0.1) is 0 Å². The van der Waals surface area contributed by atoms with Crippen LogP contribution in [0.25, 0.3) is 0 Å². The number of anilines is 2. The molecule has 108 valence electrons. The highest BCUT2D eigenvalue weighted by atomic mass is 16.5. The summed E-state index contributed by atoms with van der Waals surface area (Å²) in [7, 11) is 7.82. The van der Waals surface area contributed by atoms with Gasteiger partial charge in [0.25, 0.3) is 0 Å². The normalized spacial score (nSPS) is 10.8. The molecule has 0 saturated carbocycles. The molecule has 0 unspecified atom stereocenters. The molecule has 0 saturated heterocycles. The van der Waals surface area contributed by atoms with Crippen LogP contribution >= 0.6 is 0 Å². The third-order valence-electron chi connectivity index (χ3n) is 2.66. The van der Waals surface area contributed by atoms with Gasteiger partial charge >= 0.3 is 0 Å². The lowest BCUT2D eigenvalue weighted by Gasteiger charge is -2.21. The molecular weight excluding hydrogens is 242 g/mol. The van der Waals surface area contributed by atoms with E-state index in [-0.39, 0.29) is 0 Å².